The highest BCUT2D eigenvalue weighted by molar-refractivity contribution is 7.17. The number of nitrogens with zero attached hydrogens (tertiary/aromatic N) is 2. The molecule has 0 aliphatic heterocycles. The van der Waals surface area contributed by atoms with E-state index in [0.29, 0.717) is 27.3 Å². The molecule has 33 heavy (non-hydrogen) atoms. The molecule has 0 atom stereocenters. The number of rotatable bonds is 6. The number of furan rings is 1. The Hall–Kier alpha value is -3.92. The lowest BCUT2D eigenvalue weighted by Gasteiger charge is -2.10. The number of benzene rings is 1. The van der Waals surface area contributed by atoms with E-state index in [4.69, 9.17) is 13.6 Å². The molecule has 9 nitrogen and oxygen atoms in total. The number of amides is 2. The van der Waals surface area contributed by atoms with E-state index in [9.17, 15) is 14.4 Å². The number of fused-ring (bicyclic) bond motifs is 1. The SMILES string of the molecule is Cc1ccc2c(=O)c(OCC(=O)Nc3nc(C)c(C(=O)N(C)C)s3)c(-c3ccco3)oc2c1. The van der Waals surface area contributed by atoms with Gasteiger partial charge in [0.25, 0.3) is 11.8 Å². The van der Waals surface area contributed by atoms with Gasteiger partial charge in [-0.05, 0) is 43.7 Å². The fourth-order valence-electron chi connectivity index (χ4n) is 3.13. The molecule has 4 aromatic rings. The van der Waals surface area contributed by atoms with E-state index in [2.05, 4.69) is 10.3 Å². The molecule has 0 fully saturated rings. The standard InChI is InChI=1S/C23H21N3O6S/c1-12-7-8-14-16(10-12)32-19(15-6-5-9-30-15)20(18(14)28)31-11-17(27)25-23-24-13(2)21(33-23)22(29)26(3)4/h5-10H,11H2,1-4H3,(H,24,25,27). The van der Waals surface area contributed by atoms with Crippen LogP contribution in [-0.4, -0.2) is 42.4 Å². The number of carbonyl (C=O) groups excluding carboxylic acids is 2. The molecule has 0 unspecified atom stereocenters. The van der Waals surface area contributed by atoms with Gasteiger partial charge < -0.3 is 18.5 Å². The monoisotopic (exact) mass is 467 g/mol. The van der Waals surface area contributed by atoms with Crippen molar-refractivity contribution in [2.45, 2.75) is 13.8 Å². The van der Waals surface area contributed by atoms with Crippen molar-refractivity contribution < 1.29 is 23.2 Å². The van der Waals surface area contributed by atoms with Crippen LogP contribution in [0.1, 0.15) is 20.9 Å². The Morgan fingerprint density at radius 1 is 1.21 bits per heavy atom. The van der Waals surface area contributed by atoms with Crippen LogP contribution < -0.4 is 15.5 Å². The molecule has 3 heterocycles. The Kier molecular flexibility index (Phi) is 6.01. The van der Waals surface area contributed by atoms with Gasteiger partial charge in [0.2, 0.25) is 16.9 Å². The third-order valence-electron chi connectivity index (χ3n) is 4.74. The largest absolute Gasteiger partial charge is 0.476 e. The van der Waals surface area contributed by atoms with Crippen molar-refractivity contribution in [1.82, 2.24) is 9.88 Å². The predicted octanol–water partition coefficient (Wildman–Crippen LogP) is 3.85. The summed E-state index contributed by atoms with van der Waals surface area (Å²) in [4.78, 5) is 43.9. The van der Waals surface area contributed by atoms with Gasteiger partial charge in [-0.2, -0.15) is 0 Å². The zero-order valence-corrected chi connectivity index (χ0v) is 19.2. The number of carbonyl (C=O) groups is 2. The van der Waals surface area contributed by atoms with E-state index in [0.717, 1.165) is 16.9 Å². The van der Waals surface area contributed by atoms with Crippen LogP contribution in [0.25, 0.3) is 22.5 Å². The summed E-state index contributed by atoms with van der Waals surface area (Å²) in [5.74, 6) is -0.473. The normalized spacial score (nSPS) is 10.9. The zero-order chi connectivity index (χ0) is 23.7. The molecule has 0 spiro atoms. The van der Waals surface area contributed by atoms with Crippen LogP contribution in [0.5, 0.6) is 5.75 Å². The maximum Gasteiger partial charge on any atom is 0.265 e. The number of thiazole rings is 1. The van der Waals surface area contributed by atoms with Crippen molar-refractivity contribution in [2.24, 2.45) is 0 Å². The van der Waals surface area contributed by atoms with Crippen LogP contribution in [0.3, 0.4) is 0 Å². The average Bonchev–Trinajstić information content (AvgIpc) is 3.42. The van der Waals surface area contributed by atoms with Gasteiger partial charge in [-0.3, -0.25) is 19.7 Å². The molecule has 0 saturated heterocycles. The lowest BCUT2D eigenvalue weighted by atomic mass is 10.1. The van der Waals surface area contributed by atoms with Crippen LogP contribution in [0, 0.1) is 13.8 Å². The van der Waals surface area contributed by atoms with E-state index in [1.54, 1.807) is 51.4 Å². The first-order valence-electron chi connectivity index (χ1n) is 9.97. The summed E-state index contributed by atoms with van der Waals surface area (Å²) in [5, 5.41) is 3.19. The molecule has 10 heteroatoms. The number of ether oxygens (including phenoxy) is 1. The molecule has 170 valence electrons. The Labute approximate surface area is 192 Å². The molecule has 3 aromatic heterocycles. The Morgan fingerprint density at radius 2 is 2.00 bits per heavy atom. The molecule has 0 bridgehead atoms. The fourth-order valence-corrected chi connectivity index (χ4v) is 4.13. The summed E-state index contributed by atoms with van der Waals surface area (Å²) >= 11 is 1.07. The molecule has 2 amide bonds. The first-order chi connectivity index (χ1) is 15.7. The predicted molar refractivity (Wildman–Crippen MR) is 124 cm³/mol. The quantitative estimate of drug-likeness (QED) is 0.458. The number of hydrogen-bond acceptors (Lipinski definition) is 8. The van der Waals surface area contributed by atoms with Crippen molar-refractivity contribution in [3.05, 3.63) is 63.0 Å². The maximum absolute atomic E-state index is 13.1. The number of hydrogen-bond donors (Lipinski definition) is 1. The van der Waals surface area contributed by atoms with Gasteiger partial charge in [-0.15, -0.1) is 0 Å². The lowest BCUT2D eigenvalue weighted by molar-refractivity contribution is -0.118. The van der Waals surface area contributed by atoms with Gasteiger partial charge in [0.05, 0.1) is 17.3 Å². The van der Waals surface area contributed by atoms with Gasteiger partial charge in [0.15, 0.2) is 17.5 Å². The summed E-state index contributed by atoms with van der Waals surface area (Å²) in [5.41, 5.74) is 1.41. The maximum atomic E-state index is 13.1. The second-order valence-electron chi connectivity index (χ2n) is 7.54. The minimum absolute atomic E-state index is 0.0971. The Bertz CT molecular complexity index is 1400. The van der Waals surface area contributed by atoms with Crippen molar-refractivity contribution in [1.29, 1.82) is 0 Å². The molecule has 1 aromatic carbocycles. The summed E-state index contributed by atoms with van der Waals surface area (Å²) in [7, 11) is 3.28. The third-order valence-corrected chi connectivity index (χ3v) is 5.80. The highest BCUT2D eigenvalue weighted by Crippen LogP contribution is 2.31. The summed E-state index contributed by atoms with van der Waals surface area (Å²) < 4.78 is 16.9. The van der Waals surface area contributed by atoms with Gasteiger partial charge in [0.1, 0.15) is 10.5 Å². The summed E-state index contributed by atoms with van der Waals surface area (Å²) in [6.45, 7) is 3.11. The van der Waals surface area contributed by atoms with Gasteiger partial charge in [-0.1, -0.05) is 17.4 Å². The molecule has 0 aliphatic carbocycles. The second-order valence-corrected chi connectivity index (χ2v) is 8.54. The number of nitrogens with one attached hydrogen (secondary N) is 1. The minimum atomic E-state index is -0.540. The van der Waals surface area contributed by atoms with Gasteiger partial charge in [-0.25, -0.2) is 4.98 Å². The number of anilines is 1. The van der Waals surface area contributed by atoms with Crippen LogP contribution in [0.4, 0.5) is 5.13 Å². The minimum Gasteiger partial charge on any atom is -0.476 e. The molecule has 4 rings (SSSR count). The summed E-state index contributed by atoms with van der Waals surface area (Å²) in [6.07, 6.45) is 1.45. The van der Waals surface area contributed by atoms with Gasteiger partial charge in [0, 0.05) is 14.1 Å². The van der Waals surface area contributed by atoms with Crippen molar-refractivity contribution in [2.75, 3.05) is 26.0 Å². The van der Waals surface area contributed by atoms with Crippen LogP contribution in [0.15, 0.2) is 50.2 Å². The molecule has 0 saturated carbocycles. The highest BCUT2D eigenvalue weighted by atomic mass is 32.1. The first kappa shape index (κ1) is 22.3. The average molecular weight is 468 g/mol. The van der Waals surface area contributed by atoms with E-state index in [-0.39, 0.29) is 22.5 Å². The van der Waals surface area contributed by atoms with E-state index >= 15 is 0 Å². The highest BCUT2D eigenvalue weighted by Gasteiger charge is 2.22. The zero-order valence-electron chi connectivity index (χ0n) is 18.4. The lowest BCUT2D eigenvalue weighted by Crippen LogP contribution is -2.22. The van der Waals surface area contributed by atoms with Crippen LogP contribution in [0.2, 0.25) is 0 Å². The second kappa shape index (κ2) is 8.91. The molecule has 0 aliphatic rings. The van der Waals surface area contributed by atoms with Gasteiger partial charge >= 0.3 is 0 Å². The van der Waals surface area contributed by atoms with Crippen molar-refractivity contribution in [3.63, 3.8) is 0 Å². The number of aromatic nitrogens is 1. The molecular formula is C23H21N3O6S. The Balaban J connectivity index is 1.59. The van der Waals surface area contributed by atoms with E-state index in [1.165, 1.54) is 11.2 Å². The molecule has 1 N–H and O–H groups in total. The summed E-state index contributed by atoms with van der Waals surface area (Å²) in [6, 6.07) is 8.48. The molecular weight excluding hydrogens is 446 g/mol. The fraction of sp³-hybridized carbons (Fsp3) is 0.217. The van der Waals surface area contributed by atoms with Crippen molar-refractivity contribution >= 4 is 39.3 Å². The Morgan fingerprint density at radius 3 is 2.70 bits per heavy atom. The molecule has 0 radical (unpaired) electrons. The smallest absolute Gasteiger partial charge is 0.265 e. The van der Waals surface area contributed by atoms with Crippen LogP contribution in [-0.2, 0) is 4.79 Å². The van der Waals surface area contributed by atoms with Crippen molar-refractivity contribution in [3.8, 4) is 17.3 Å². The number of aryl methyl sites for hydroxylation is 2. The topological polar surface area (TPSA) is 115 Å². The van der Waals surface area contributed by atoms with Crippen LogP contribution >= 0.6 is 11.3 Å². The first-order valence-corrected chi connectivity index (χ1v) is 10.8. The van der Waals surface area contributed by atoms with E-state index < -0.39 is 17.9 Å². The van der Waals surface area contributed by atoms with E-state index in [1.807, 2.05) is 6.92 Å². The third kappa shape index (κ3) is 4.51.